The van der Waals surface area contributed by atoms with Gasteiger partial charge in [0.15, 0.2) is 0 Å². The summed E-state index contributed by atoms with van der Waals surface area (Å²) in [6.07, 6.45) is 2.46. The van der Waals surface area contributed by atoms with Gasteiger partial charge in [0.1, 0.15) is 0 Å². The van der Waals surface area contributed by atoms with Gasteiger partial charge in [-0.25, -0.2) is 0 Å². The normalized spacial score (nSPS) is 21.7. The molecule has 1 fully saturated rings. The SMILES string of the molecule is CC(=O)N1CCC(C(=O)NC2CCN(C)c3ccccc32)CC1. The molecule has 2 aliphatic heterocycles. The number of rotatable bonds is 2. The highest BCUT2D eigenvalue weighted by Crippen LogP contribution is 2.33. The minimum absolute atomic E-state index is 0.0254. The maximum absolute atomic E-state index is 12.6. The molecule has 0 radical (unpaired) electrons. The number of para-hydroxylation sites is 1. The zero-order chi connectivity index (χ0) is 16.4. The second kappa shape index (κ2) is 6.60. The Balaban J connectivity index is 1.63. The Morgan fingerprint density at radius 2 is 1.78 bits per heavy atom. The molecule has 2 heterocycles. The van der Waals surface area contributed by atoms with Crippen molar-refractivity contribution in [1.29, 1.82) is 0 Å². The molecule has 0 spiro atoms. The van der Waals surface area contributed by atoms with E-state index in [4.69, 9.17) is 0 Å². The number of carbonyl (C=O) groups excluding carboxylic acids is 2. The third-order valence-electron chi connectivity index (χ3n) is 5.10. The number of nitrogens with zero attached hydrogens (tertiary/aromatic N) is 2. The standard InChI is InChI=1S/C18H25N3O2/c1-13(22)21-11-7-14(8-12-21)18(23)19-16-9-10-20(2)17-6-4-3-5-15(16)17/h3-6,14,16H,7-12H2,1-2H3,(H,19,23). The summed E-state index contributed by atoms with van der Waals surface area (Å²) in [5.74, 6) is 0.267. The van der Waals surface area contributed by atoms with Gasteiger partial charge in [-0.1, -0.05) is 18.2 Å². The molecule has 0 saturated carbocycles. The number of hydrogen-bond acceptors (Lipinski definition) is 3. The average molecular weight is 315 g/mol. The van der Waals surface area contributed by atoms with Crippen LogP contribution in [0.5, 0.6) is 0 Å². The van der Waals surface area contributed by atoms with E-state index in [0.717, 1.165) is 25.8 Å². The summed E-state index contributed by atoms with van der Waals surface area (Å²) in [7, 11) is 2.09. The Kier molecular flexibility index (Phi) is 4.55. The van der Waals surface area contributed by atoms with Crippen LogP contribution in [0.3, 0.4) is 0 Å². The number of carbonyl (C=O) groups is 2. The predicted molar refractivity (Wildman–Crippen MR) is 90.2 cm³/mol. The number of anilines is 1. The third-order valence-corrected chi connectivity index (χ3v) is 5.10. The molecule has 5 nitrogen and oxygen atoms in total. The lowest BCUT2D eigenvalue weighted by atomic mass is 9.93. The minimum Gasteiger partial charge on any atom is -0.374 e. The largest absolute Gasteiger partial charge is 0.374 e. The number of hydrogen-bond donors (Lipinski definition) is 1. The van der Waals surface area contributed by atoms with Crippen molar-refractivity contribution in [3.8, 4) is 0 Å². The first-order chi connectivity index (χ1) is 11.1. The van der Waals surface area contributed by atoms with Gasteiger partial charge in [0.05, 0.1) is 6.04 Å². The maximum Gasteiger partial charge on any atom is 0.223 e. The van der Waals surface area contributed by atoms with Gasteiger partial charge in [0.25, 0.3) is 0 Å². The van der Waals surface area contributed by atoms with E-state index in [-0.39, 0.29) is 23.8 Å². The van der Waals surface area contributed by atoms with Crippen molar-refractivity contribution in [2.75, 3.05) is 31.6 Å². The maximum atomic E-state index is 12.6. The monoisotopic (exact) mass is 315 g/mol. The lowest BCUT2D eigenvalue weighted by molar-refractivity contribution is -0.134. The quantitative estimate of drug-likeness (QED) is 0.907. The zero-order valence-corrected chi connectivity index (χ0v) is 13.9. The highest BCUT2D eigenvalue weighted by Gasteiger charge is 2.29. The second-order valence-electron chi connectivity index (χ2n) is 6.61. The van der Waals surface area contributed by atoms with Crippen LogP contribution in [-0.4, -0.2) is 43.4 Å². The molecule has 2 aliphatic rings. The van der Waals surface area contributed by atoms with Crippen LogP contribution < -0.4 is 10.2 Å². The predicted octanol–water partition coefficient (Wildman–Crippen LogP) is 1.94. The van der Waals surface area contributed by atoms with Crippen LogP contribution in [0, 0.1) is 5.92 Å². The minimum atomic E-state index is 0.0254. The first-order valence-electron chi connectivity index (χ1n) is 8.42. The number of fused-ring (bicyclic) bond motifs is 1. The lowest BCUT2D eigenvalue weighted by Gasteiger charge is -2.35. The molecule has 5 heteroatoms. The number of benzene rings is 1. The van der Waals surface area contributed by atoms with E-state index < -0.39 is 0 Å². The van der Waals surface area contributed by atoms with Crippen LogP contribution in [0.15, 0.2) is 24.3 Å². The van der Waals surface area contributed by atoms with E-state index in [1.165, 1.54) is 11.3 Å². The van der Waals surface area contributed by atoms with Crippen molar-refractivity contribution in [2.45, 2.75) is 32.2 Å². The molecular formula is C18H25N3O2. The lowest BCUT2D eigenvalue weighted by Crippen LogP contribution is -2.44. The molecule has 3 rings (SSSR count). The van der Waals surface area contributed by atoms with Crippen molar-refractivity contribution < 1.29 is 9.59 Å². The molecule has 0 aliphatic carbocycles. The molecule has 1 atom stereocenters. The molecule has 1 unspecified atom stereocenters. The topological polar surface area (TPSA) is 52.7 Å². The van der Waals surface area contributed by atoms with Crippen LogP contribution >= 0.6 is 0 Å². The molecule has 1 saturated heterocycles. The average Bonchev–Trinajstić information content (AvgIpc) is 2.57. The van der Waals surface area contributed by atoms with Gasteiger partial charge >= 0.3 is 0 Å². The summed E-state index contributed by atoms with van der Waals surface area (Å²) >= 11 is 0. The Morgan fingerprint density at radius 1 is 1.09 bits per heavy atom. The highest BCUT2D eigenvalue weighted by molar-refractivity contribution is 5.80. The molecule has 124 valence electrons. The highest BCUT2D eigenvalue weighted by atomic mass is 16.2. The van der Waals surface area contributed by atoms with E-state index in [0.29, 0.717) is 13.1 Å². The van der Waals surface area contributed by atoms with Crippen molar-refractivity contribution >= 4 is 17.5 Å². The van der Waals surface area contributed by atoms with Gasteiger partial charge in [-0.05, 0) is 30.9 Å². The fraction of sp³-hybridized carbons (Fsp3) is 0.556. The van der Waals surface area contributed by atoms with Crippen LogP contribution in [0.25, 0.3) is 0 Å². The van der Waals surface area contributed by atoms with Crippen LogP contribution in [0.2, 0.25) is 0 Å². The summed E-state index contributed by atoms with van der Waals surface area (Å²) in [6, 6.07) is 8.38. The summed E-state index contributed by atoms with van der Waals surface area (Å²) in [6.45, 7) is 3.93. The van der Waals surface area contributed by atoms with Gasteiger partial charge < -0.3 is 15.1 Å². The van der Waals surface area contributed by atoms with Gasteiger partial charge in [0.2, 0.25) is 11.8 Å². The van der Waals surface area contributed by atoms with E-state index in [1.807, 2.05) is 17.0 Å². The van der Waals surface area contributed by atoms with Crippen molar-refractivity contribution in [3.05, 3.63) is 29.8 Å². The van der Waals surface area contributed by atoms with Crippen LogP contribution in [0.4, 0.5) is 5.69 Å². The number of amides is 2. The van der Waals surface area contributed by atoms with E-state index >= 15 is 0 Å². The number of likely N-dealkylation sites (tertiary alicyclic amines) is 1. The summed E-state index contributed by atoms with van der Waals surface area (Å²) in [5.41, 5.74) is 2.41. The first kappa shape index (κ1) is 15.8. The molecular weight excluding hydrogens is 290 g/mol. The fourth-order valence-corrected chi connectivity index (χ4v) is 3.62. The zero-order valence-electron chi connectivity index (χ0n) is 13.9. The Hall–Kier alpha value is -2.04. The molecule has 2 amide bonds. The second-order valence-corrected chi connectivity index (χ2v) is 6.61. The molecule has 0 bridgehead atoms. The van der Waals surface area contributed by atoms with Crippen molar-refractivity contribution in [2.24, 2.45) is 5.92 Å². The third kappa shape index (κ3) is 3.33. The Morgan fingerprint density at radius 3 is 2.48 bits per heavy atom. The molecule has 1 N–H and O–H groups in total. The summed E-state index contributed by atoms with van der Waals surface area (Å²) in [4.78, 5) is 28.1. The summed E-state index contributed by atoms with van der Waals surface area (Å²) in [5, 5.41) is 3.24. The van der Waals surface area contributed by atoms with E-state index in [2.05, 4.69) is 29.4 Å². The molecule has 0 aromatic heterocycles. The Bertz CT molecular complexity index is 594. The van der Waals surface area contributed by atoms with Gasteiger partial charge in [0, 0.05) is 45.2 Å². The van der Waals surface area contributed by atoms with Gasteiger partial charge in [-0.15, -0.1) is 0 Å². The van der Waals surface area contributed by atoms with Crippen molar-refractivity contribution in [3.63, 3.8) is 0 Å². The van der Waals surface area contributed by atoms with Crippen LogP contribution in [-0.2, 0) is 9.59 Å². The molecule has 1 aromatic carbocycles. The molecule has 23 heavy (non-hydrogen) atoms. The van der Waals surface area contributed by atoms with Gasteiger partial charge in [-0.2, -0.15) is 0 Å². The molecule has 1 aromatic rings. The van der Waals surface area contributed by atoms with E-state index in [9.17, 15) is 9.59 Å². The number of nitrogens with one attached hydrogen (secondary N) is 1. The Labute approximate surface area is 137 Å². The van der Waals surface area contributed by atoms with Crippen LogP contribution in [0.1, 0.15) is 37.8 Å². The first-order valence-corrected chi connectivity index (χ1v) is 8.42. The number of piperidine rings is 1. The van der Waals surface area contributed by atoms with Crippen molar-refractivity contribution in [1.82, 2.24) is 10.2 Å². The smallest absolute Gasteiger partial charge is 0.223 e. The van der Waals surface area contributed by atoms with E-state index in [1.54, 1.807) is 6.92 Å². The summed E-state index contributed by atoms with van der Waals surface area (Å²) < 4.78 is 0. The fourth-order valence-electron chi connectivity index (χ4n) is 3.62. The van der Waals surface area contributed by atoms with Gasteiger partial charge in [-0.3, -0.25) is 9.59 Å².